The summed E-state index contributed by atoms with van der Waals surface area (Å²) < 4.78 is 5.45. The summed E-state index contributed by atoms with van der Waals surface area (Å²) in [6, 6.07) is 0.794. The topological polar surface area (TPSA) is 48.1 Å². The highest BCUT2D eigenvalue weighted by atomic mass is 16.5. The summed E-state index contributed by atoms with van der Waals surface area (Å²) >= 11 is 0. The molecule has 3 aliphatic heterocycles. The quantitative estimate of drug-likeness (QED) is 0.819. The van der Waals surface area contributed by atoms with Gasteiger partial charge in [0.15, 0.2) is 0 Å². The van der Waals surface area contributed by atoms with Crippen molar-refractivity contribution >= 4 is 6.03 Å². The number of nitrogens with one attached hydrogen (secondary N) is 1. The van der Waals surface area contributed by atoms with Crippen LogP contribution in [-0.4, -0.2) is 92.3 Å². The predicted molar refractivity (Wildman–Crippen MR) is 95.2 cm³/mol. The third-order valence-electron chi connectivity index (χ3n) is 5.76. The molecular weight excluding hydrogens is 304 g/mol. The predicted octanol–water partition coefficient (Wildman–Crippen LogP) is 1.22. The lowest BCUT2D eigenvalue weighted by atomic mass is 10.1. The van der Waals surface area contributed by atoms with Gasteiger partial charge in [-0.15, -0.1) is 0 Å². The van der Waals surface area contributed by atoms with E-state index < -0.39 is 0 Å². The van der Waals surface area contributed by atoms with E-state index in [4.69, 9.17) is 4.74 Å². The molecular formula is C18H34N4O2. The SMILES string of the molecule is CCCN1CC[C@H](CNC(=O)N2CCN(C3CCOCC3)CC2)C1. The number of ether oxygens (including phenoxy) is 1. The molecule has 6 heteroatoms. The van der Waals surface area contributed by atoms with E-state index in [9.17, 15) is 4.79 Å². The lowest BCUT2D eigenvalue weighted by Crippen LogP contribution is -2.55. The van der Waals surface area contributed by atoms with E-state index in [2.05, 4.69) is 22.0 Å². The van der Waals surface area contributed by atoms with Crippen molar-refractivity contribution in [1.29, 1.82) is 0 Å². The molecule has 3 rings (SSSR count). The average molecular weight is 338 g/mol. The number of piperazine rings is 1. The highest BCUT2D eigenvalue weighted by Gasteiger charge is 2.28. The van der Waals surface area contributed by atoms with Crippen LogP contribution in [0.5, 0.6) is 0 Å². The van der Waals surface area contributed by atoms with Gasteiger partial charge >= 0.3 is 6.03 Å². The molecule has 0 aliphatic carbocycles. The second kappa shape index (κ2) is 9.02. The van der Waals surface area contributed by atoms with Crippen molar-refractivity contribution < 1.29 is 9.53 Å². The maximum absolute atomic E-state index is 12.4. The molecule has 0 saturated carbocycles. The Bertz CT molecular complexity index is 392. The number of amides is 2. The maximum Gasteiger partial charge on any atom is 0.317 e. The Balaban J connectivity index is 1.33. The summed E-state index contributed by atoms with van der Waals surface area (Å²) in [6.45, 7) is 12.1. The largest absolute Gasteiger partial charge is 0.381 e. The molecule has 3 aliphatic rings. The highest BCUT2D eigenvalue weighted by molar-refractivity contribution is 5.74. The summed E-state index contributed by atoms with van der Waals surface area (Å²) in [5.41, 5.74) is 0. The van der Waals surface area contributed by atoms with Gasteiger partial charge in [0.05, 0.1) is 0 Å². The monoisotopic (exact) mass is 338 g/mol. The number of carbonyl (C=O) groups excluding carboxylic acids is 1. The molecule has 0 spiro atoms. The molecule has 3 saturated heterocycles. The lowest BCUT2D eigenvalue weighted by Gasteiger charge is -2.40. The normalized spacial score (nSPS) is 27.5. The number of carbonyl (C=O) groups is 1. The molecule has 2 amide bonds. The van der Waals surface area contributed by atoms with E-state index in [0.29, 0.717) is 12.0 Å². The first-order valence-corrected chi connectivity index (χ1v) is 9.83. The fourth-order valence-corrected chi connectivity index (χ4v) is 4.28. The Morgan fingerprint density at radius 1 is 1.08 bits per heavy atom. The molecule has 138 valence electrons. The lowest BCUT2D eigenvalue weighted by molar-refractivity contribution is 0.0187. The van der Waals surface area contributed by atoms with Crippen molar-refractivity contribution in [2.24, 2.45) is 5.92 Å². The van der Waals surface area contributed by atoms with Crippen LogP contribution in [0.1, 0.15) is 32.6 Å². The van der Waals surface area contributed by atoms with Gasteiger partial charge in [0, 0.05) is 58.5 Å². The molecule has 0 aromatic heterocycles. The first-order valence-electron chi connectivity index (χ1n) is 9.83. The van der Waals surface area contributed by atoms with Crippen molar-refractivity contribution in [1.82, 2.24) is 20.0 Å². The van der Waals surface area contributed by atoms with E-state index in [1.807, 2.05) is 4.90 Å². The van der Waals surface area contributed by atoms with Gasteiger partial charge in [-0.3, -0.25) is 4.90 Å². The number of nitrogens with zero attached hydrogens (tertiary/aromatic N) is 3. The average Bonchev–Trinajstić information content (AvgIpc) is 3.08. The zero-order valence-electron chi connectivity index (χ0n) is 15.2. The number of hydrogen-bond donors (Lipinski definition) is 1. The standard InChI is InChI=1S/C18H34N4O2/c1-2-6-20-7-3-16(15-20)14-19-18(23)22-10-8-21(9-11-22)17-4-12-24-13-5-17/h16-17H,2-15H2,1H3,(H,19,23)/t16-/m1/s1. The molecule has 3 heterocycles. The summed E-state index contributed by atoms with van der Waals surface area (Å²) in [4.78, 5) is 19.5. The molecule has 6 nitrogen and oxygen atoms in total. The third kappa shape index (κ3) is 4.83. The molecule has 0 radical (unpaired) electrons. The van der Waals surface area contributed by atoms with Crippen LogP contribution in [0.4, 0.5) is 4.79 Å². The highest BCUT2D eigenvalue weighted by Crippen LogP contribution is 2.17. The number of rotatable bonds is 5. The minimum atomic E-state index is 0.135. The fraction of sp³-hybridized carbons (Fsp3) is 0.944. The van der Waals surface area contributed by atoms with E-state index in [1.54, 1.807) is 0 Å². The number of hydrogen-bond acceptors (Lipinski definition) is 4. The Morgan fingerprint density at radius 3 is 2.54 bits per heavy atom. The van der Waals surface area contributed by atoms with Crippen molar-refractivity contribution in [3.05, 3.63) is 0 Å². The van der Waals surface area contributed by atoms with Crippen molar-refractivity contribution in [3.63, 3.8) is 0 Å². The van der Waals surface area contributed by atoms with E-state index in [0.717, 1.165) is 65.3 Å². The Labute approximate surface area is 146 Å². The van der Waals surface area contributed by atoms with Gasteiger partial charge in [-0.2, -0.15) is 0 Å². The van der Waals surface area contributed by atoms with Crippen LogP contribution in [0.15, 0.2) is 0 Å². The molecule has 3 fully saturated rings. The molecule has 0 bridgehead atoms. The summed E-state index contributed by atoms with van der Waals surface area (Å²) in [5, 5.41) is 3.17. The maximum atomic E-state index is 12.4. The van der Waals surface area contributed by atoms with Crippen LogP contribution in [0.2, 0.25) is 0 Å². The van der Waals surface area contributed by atoms with Crippen LogP contribution < -0.4 is 5.32 Å². The summed E-state index contributed by atoms with van der Waals surface area (Å²) in [6.07, 6.45) is 4.72. The molecule has 0 aromatic carbocycles. The third-order valence-corrected chi connectivity index (χ3v) is 5.76. The number of urea groups is 1. The zero-order valence-corrected chi connectivity index (χ0v) is 15.2. The smallest absolute Gasteiger partial charge is 0.317 e. The molecule has 0 unspecified atom stereocenters. The van der Waals surface area contributed by atoms with Crippen LogP contribution in [0.25, 0.3) is 0 Å². The van der Waals surface area contributed by atoms with Gasteiger partial charge in [-0.05, 0) is 44.7 Å². The van der Waals surface area contributed by atoms with Gasteiger partial charge in [0.25, 0.3) is 0 Å². The Morgan fingerprint density at radius 2 is 1.83 bits per heavy atom. The molecule has 24 heavy (non-hydrogen) atoms. The fourth-order valence-electron chi connectivity index (χ4n) is 4.28. The molecule has 1 N–H and O–H groups in total. The molecule has 0 aromatic rings. The van der Waals surface area contributed by atoms with Crippen LogP contribution in [0.3, 0.4) is 0 Å². The van der Waals surface area contributed by atoms with E-state index >= 15 is 0 Å². The first-order chi connectivity index (χ1) is 11.8. The number of likely N-dealkylation sites (tertiary alicyclic amines) is 1. The van der Waals surface area contributed by atoms with Gasteiger partial charge in [-0.25, -0.2) is 4.79 Å². The van der Waals surface area contributed by atoms with Gasteiger partial charge < -0.3 is 19.9 Å². The van der Waals surface area contributed by atoms with Gasteiger partial charge in [0.2, 0.25) is 0 Å². The zero-order chi connectivity index (χ0) is 16.8. The van der Waals surface area contributed by atoms with Crippen LogP contribution in [0, 0.1) is 5.92 Å². The Kier molecular flexibility index (Phi) is 6.75. The Hall–Kier alpha value is -0.850. The second-order valence-electron chi connectivity index (χ2n) is 7.51. The van der Waals surface area contributed by atoms with E-state index in [1.165, 1.54) is 25.9 Å². The van der Waals surface area contributed by atoms with Gasteiger partial charge in [0.1, 0.15) is 0 Å². The van der Waals surface area contributed by atoms with Crippen molar-refractivity contribution in [3.8, 4) is 0 Å². The van der Waals surface area contributed by atoms with Crippen LogP contribution >= 0.6 is 0 Å². The minimum absolute atomic E-state index is 0.135. The second-order valence-corrected chi connectivity index (χ2v) is 7.51. The van der Waals surface area contributed by atoms with Gasteiger partial charge in [-0.1, -0.05) is 6.92 Å². The van der Waals surface area contributed by atoms with Crippen molar-refractivity contribution in [2.45, 2.75) is 38.6 Å². The van der Waals surface area contributed by atoms with Crippen molar-refractivity contribution in [2.75, 3.05) is 65.6 Å². The summed E-state index contributed by atoms with van der Waals surface area (Å²) in [7, 11) is 0. The van der Waals surface area contributed by atoms with Crippen LogP contribution in [-0.2, 0) is 4.74 Å². The first kappa shape index (κ1) is 18.0. The molecule has 1 atom stereocenters. The minimum Gasteiger partial charge on any atom is -0.381 e. The van der Waals surface area contributed by atoms with E-state index in [-0.39, 0.29) is 6.03 Å². The summed E-state index contributed by atoms with van der Waals surface area (Å²) in [5.74, 6) is 0.629.